The maximum Gasteiger partial charge on any atom is 0.340 e. The number of benzene rings is 1. The SMILES string of the molecule is CCOC(=O)c1c(CSc2nc(C)cs2)n(C2CC2)c2cc(Br)c(O)c(Cn3ccnc3C)c12. The Kier molecular flexibility index (Phi) is 6.47. The minimum atomic E-state index is -0.358. The lowest BCUT2D eigenvalue weighted by Gasteiger charge is -2.13. The molecule has 10 heteroatoms. The highest BCUT2D eigenvalue weighted by Crippen LogP contribution is 2.47. The number of esters is 1. The molecule has 1 fully saturated rings. The van der Waals surface area contributed by atoms with Gasteiger partial charge in [0.15, 0.2) is 0 Å². The number of rotatable bonds is 8. The Hall–Kier alpha value is -2.30. The minimum Gasteiger partial charge on any atom is -0.506 e. The van der Waals surface area contributed by atoms with E-state index in [4.69, 9.17) is 4.74 Å². The number of halogens is 1. The highest BCUT2D eigenvalue weighted by atomic mass is 79.9. The van der Waals surface area contributed by atoms with E-state index in [0.29, 0.717) is 33.9 Å². The summed E-state index contributed by atoms with van der Waals surface area (Å²) in [6.45, 7) is 6.40. The molecule has 0 amide bonds. The van der Waals surface area contributed by atoms with Gasteiger partial charge in [-0.1, -0.05) is 11.8 Å². The van der Waals surface area contributed by atoms with Crippen LogP contribution in [0.5, 0.6) is 5.75 Å². The van der Waals surface area contributed by atoms with Crippen LogP contribution < -0.4 is 0 Å². The zero-order chi connectivity index (χ0) is 24.0. The molecule has 1 N–H and O–H groups in total. The van der Waals surface area contributed by atoms with E-state index >= 15 is 0 Å². The molecule has 1 aliphatic rings. The van der Waals surface area contributed by atoms with Crippen LogP contribution in [0.25, 0.3) is 10.9 Å². The standard InChI is InChI=1S/C24H25BrN4O3S2/c1-4-32-23(31)21-19(12-34-24-27-13(2)11-33-24)29(15-5-6-15)18-9-17(25)22(30)16(20(18)21)10-28-8-7-26-14(28)3/h7-9,11,15,30H,4-6,10,12H2,1-3H3. The third-order valence-electron chi connectivity index (χ3n) is 6.00. The fourth-order valence-corrected chi connectivity index (χ4v) is 6.62. The van der Waals surface area contributed by atoms with Crippen LogP contribution >= 0.6 is 39.0 Å². The van der Waals surface area contributed by atoms with Crippen molar-refractivity contribution in [3.63, 3.8) is 0 Å². The molecule has 1 aliphatic carbocycles. The van der Waals surface area contributed by atoms with Gasteiger partial charge in [0.2, 0.25) is 0 Å². The molecule has 1 aromatic carbocycles. The highest BCUT2D eigenvalue weighted by molar-refractivity contribution is 9.10. The van der Waals surface area contributed by atoms with E-state index in [0.717, 1.165) is 45.3 Å². The number of aromatic nitrogens is 4. The van der Waals surface area contributed by atoms with E-state index < -0.39 is 0 Å². The van der Waals surface area contributed by atoms with Gasteiger partial charge >= 0.3 is 5.97 Å². The fraction of sp³-hybridized carbons (Fsp3) is 0.375. The monoisotopic (exact) mass is 560 g/mol. The molecule has 34 heavy (non-hydrogen) atoms. The number of phenolic OH excluding ortho intramolecular Hbond substituents is 1. The van der Waals surface area contributed by atoms with Gasteiger partial charge in [-0.05, 0) is 55.6 Å². The van der Waals surface area contributed by atoms with Crippen LogP contribution in [-0.2, 0) is 17.0 Å². The van der Waals surface area contributed by atoms with Crippen molar-refractivity contribution < 1.29 is 14.6 Å². The summed E-state index contributed by atoms with van der Waals surface area (Å²) in [5.41, 5.74) is 4.08. The topological polar surface area (TPSA) is 82.2 Å². The number of thiazole rings is 1. The predicted molar refractivity (Wildman–Crippen MR) is 138 cm³/mol. The third-order valence-corrected chi connectivity index (χ3v) is 8.75. The molecule has 7 nitrogen and oxygen atoms in total. The summed E-state index contributed by atoms with van der Waals surface area (Å²) < 4.78 is 11.4. The minimum absolute atomic E-state index is 0.133. The van der Waals surface area contributed by atoms with Gasteiger partial charge in [-0.3, -0.25) is 0 Å². The molecule has 178 valence electrons. The summed E-state index contributed by atoms with van der Waals surface area (Å²) in [7, 11) is 0. The Labute approximate surface area is 214 Å². The van der Waals surface area contributed by atoms with Crippen molar-refractivity contribution in [3.05, 3.63) is 56.7 Å². The van der Waals surface area contributed by atoms with E-state index in [9.17, 15) is 9.90 Å². The lowest BCUT2D eigenvalue weighted by Crippen LogP contribution is -2.10. The number of hydrogen-bond acceptors (Lipinski definition) is 7. The number of imidazole rings is 1. The molecule has 0 aliphatic heterocycles. The van der Waals surface area contributed by atoms with Gasteiger partial charge in [-0.25, -0.2) is 14.8 Å². The highest BCUT2D eigenvalue weighted by Gasteiger charge is 2.34. The smallest absolute Gasteiger partial charge is 0.340 e. The van der Waals surface area contributed by atoms with Crippen LogP contribution in [0.2, 0.25) is 0 Å². The van der Waals surface area contributed by atoms with Crippen molar-refractivity contribution in [2.75, 3.05) is 6.61 Å². The molecular formula is C24H25BrN4O3S2. The van der Waals surface area contributed by atoms with Crippen molar-refractivity contribution in [2.24, 2.45) is 0 Å². The lowest BCUT2D eigenvalue weighted by atomic mass is 10.0. The second-order valence-corrected chi connectivity index (χ2v) is 11.3. The third kappa shape index (κ3) is 4.27. The van der Waals surface area contributed by atoms with Crippen LogP contribution in [-0.4, -0.2) is 36.8 Å². The first-order valence-electron chi connectivity index (χ1n) is 11.2. The molecule has 3 aromatic heterocycles. The summed E-state index contributed by atoms with van der Waals surface area (Å²) >= 11 is 6.80. The maximum atomic E-state index is 13.4. The number of phenols is 1. The Morgan fingerprint density at radius 2 is 2.18 bits per heavy atom. The van der Waals surface area contributed by atoms with Crippen LogP contribution in [0.4, 0.5) is 0 Å². The van der Waals surface area contributed by atoms with Gasteiger partial charge < -0.3 is 19.0 Å². The zero-order valence-corrected chi connectivity index (χ0v) is 22.4. The summed E-state index contributed by atoms with van der Waals surface area (Å²) in [6.07, 6.45) is 5.75. The second kappa shape index (κ2) is 9.39. The Morgan fingerprint density at radius 1 is 1.38 bits per heavy atom. The molecule has 0 atom stereocenters. The number of ether oxygens (including phenoxy) is 1. The number of thioether (sulfide) groups is 1. The molecule has 1 saturated carbocycles. The normalized spacial score (nSPS) is 13.6. The average Bonchev–Trinajstić information content (AvgIpc) is 3.29. The molecule has 0 spiro atoms. The largest absolute Gasteiger partial charge is 0.506 e. The van der Waals surface area contributed by atoms with Crippen LogP contribution in [0, 0.1) is 13.8 Å². The molecule has 4 aromatic rings. The zero-order valence-electron chi connectivity index (χ0n) is 19.2. The molecule has 0 saturated heterocycles. The number of fused-ring (bicyclic) bond motifs is 1. The van der Waals surface area contributed by atoms with Crippen molar-refractivity contribution >= 4 is 55.9 Å². The lowest BCUT2D eigenvalue weighted by molar-refractivity contribution is 0.0527. The number of nitrogens with zero attached hydrogens (tertiary/aromatic N) is 4. The fourth-order valence-electron chi connectivity index (χ4n) is 4.30. The summed E-state index contributed by atoms with van der Waals surface area (Å²) in [5.74, 6) is 1.20. The van der Waals surface area contributed by atoms with Crippen LogP contribution in [0.3, 0.4) is 0 Å². The second-order valence-electron chi connectivity index (χ2n) is 8.37. The van der Waals surface area contributed by atoms with E-state index in [-0.39, 0.29) is 18.3 Å². The molecule has 0 unspecified atom stereocenters. The van der Waals surface area contributed by atoms with E-state index in [2.05, 4.69) is 30.5 Å². The van der Waals surface area contributed by atoms with Gasteiger partial charge in [-0.2, -0.15) is 0 Å². The number of aryl methyl sites for hydroxylation is 2. The van der Waals surface area contributed by atoms with Crippen LogP contribution in [0.1, 0.15) is 58.9 Å². The van der Waals surface area contributed by atoms with Crippen molar-refractivity contribution in [1.82, 2.24) is 19.1 Å². The van der Waals surface area contributed by atoms with Crippen molar-refractivity contribution in [1.29, 1.82) is 0 Å². The van der Waals surface area contributed by atoms with Gasteiger partial charge in [0.1, 0.15) is 15.9 Å². The van der Waals surface area contributed by atoms with Gasteiger partial charge in [0.05, 0.1) is 28.7 Å². The molecule has 0 radical (unpaired) electrons. The Bertz CT molecular complexity index is 1390. The van der Waals surface area contributed by atoms with E-state index in [1.165, 1.54) is 0 Å². The van der Waals surface area contributed by atoms with Gasteiger partial charge in [0.25, 0.3) is 0 Å². The Morgan fingerprint density at radius 3 is 2.79 bits per heavy atom. The van der Waals surface area contributed by atoms with E-state index in [1.54, 1.807) is 29.3 Å². The molecule has 3 heterocycles. The van der Waals surface area contributed by atoms with Crippen molar-refractivity contribution in [3.8, 4) is 5.75 Å². The van der Waals surface area contributed by atoms with Crippen molar-refractivity contribution in [2.45, 2.75) is 56.3 Å². The van der Waals surface area contributed by atoms with E-state index in [1.807, 2.05) is 43.0 Å². The van der Waals surface area contributed by atoms with Crippen LogP contribution in [0.15, 0.2) is 32.7 Å². The number of carbonyl (C=O) groups excluding carboxylic acids is 1. The quantitative estimate of drug-likeness (QED) is 0.203. The summed E-state index contributed by atoms with van der Waals surface area (Å²) in [4.78, 5) is 22.3. The van der Waals surface area contributed by atoms with Gasteiger partial charge in [-0.15, -0.1) is 11.3 Å². The molecule has 0 bridgehead atoms. The number of aromatic hydroxyl groups is 1. The molecule has 5 rings (SSSR count). The number of hydrogen-bond donors (Lipinski definition) is 1. The first kappa shape index (κ1) is 23.4. The first-order valence-corrected chi connectivity index (χ1v) is 13.8. The maximum absolute atomic E-state index is 13.4. The summed E-state index contributed by atoms with van der Waals surface area (Å²) in [5, 5.41) is 13.9. The average molecular weight is 562 g/mol. The molecular weight excluding hydrogens is 536 g/mol. The predicted octanol–water partition coefficient (Wildman–Crippen LogP) is 6.23. The summed E-state index contributed by atoms with van der Waals surface area (Å²) in [6, 6.07) is 2.26. The van der Waals surface area contributed by atoms with Gasteiger partial charge in [0, 0.05) is 51.9 Å². The Balaban J connectivity index is 1.74. The number of carbonyl (C=O) groups is 1. The first-order chi connectivity index (χ1) is 16.4.